The van der Waals surface area contributed by atoms with E-state index in [1.54, 1.807) is 0 Å². The molecule has 1 aromatic heterocycles. The average Bonchev–Trinajstić information content (AvgIpc) is 3.13. The molecule has 2 saturated carbocycles. The molecular formula is C14H22N2S. The molecule has 1 N–H and O–H groups in total. The molecule has 0 unspecified atom stereocenters. The molecule has 1 heterocycles. The highest BCUT2D eigenvalue weighted by molar-refractivity contribution is 7.11. The molecule has 0 bridgehead atoms. The molecule has 3 heteroatoms. The molecule has 2 fully saturated rings. The third-order valence-electron chi connectivity index (χ3n) is 3.46. The van der Waals surface area contributed by atoms with E-state index in [1.807, 2.05) is 11.3 Å². The Morgan fingerprint density at radius 1 is 1.24 bits per heavy atom. The lowest BCUT2D eigenvalue weighted by molar-refractivity contribution is 0.583. The van der Waals surface area contributed by atoms with Gasteiger partial charge >= 0.3 is 0 Å². The van der Waals surface area contributed by atoms with Crippen LogP contribution in [0.15, 0.2) is 0 Å². The Morgan fingerprint density at radius 3 is 2.47 bits per heavy atom. The van der Waals surface area contributed by atoms with Crippen molar-refractivity contribution >= 4 is 11.3 Å². The Balaban J connectivity index is 1.80. The summed E-state index contributed by atoms with van der Waals surface area (Å²) in [5.41, 5.74) is 1.61. The van der Waals surface area contributed by atoms with Crippen LogP contribution >= 0.6 is 11.3 Å². The molecule has 0 spiro atoms. The monoisotopic (exact) mass is 250 g/mol. The highest BCUT2D eigenvalue weighted by atomic mass is 32.1. The highest BCUT2D eigenvalue weighted by Gasteiger charge is 2.32. The van der Waals surface area contributed by atoms with Gasteiger partial charge in [0.15, 0.2) is 0 Å². The summed E-state index contributed by atoms with van der Waals surface area (Å²) in [5.74, 6) is 0.776. The summed E-state index contributed by atoms with van der Waals surface area (Å²) in [4.78, 5) is 6.42. The first kappa shape index (κ1) is 11.7. The van der Waals surface area contributed by atoms with E-state index in [-0.39, 0.29) is 5.41 Å². The van der Waals surface area contributed by atoms with Crippen molar-refractivity contribution in [3.8, 4) is 0 Å². The summed E-state index contributed by atoms with van der Waals surface area (Å²) in [5, 5.41) is 4.94. The van der Waals surface area contributed by atoms with E-state index in [9.17, 15) is 0 Å². The Hall–Kier alpha value is -0.410. The molecule has 17 heavy (non-hydrogen) atoms. The van der Waals surface area contributed by atoms with Gasteiger partial charge in [-0.15, -0.1) is 11.3 Å². The Bertz CT molecular complexity index is 408. The third-order valence-corrected chi connectivity index (χ3v) is 4.96. The van der Waals surface area contributed by atoms with E-state index < -0.39 is 0 Å². The first-order chi connectivity index (χ1) is 8.04. The lowest BCUT2D eigenvalue weighted by Crippen LogP contribution is -2.15. The second-order valence-corrected chi connectivity index (χ2v) is 7.59. The van der Waals surface area contributed by atoms with Crippen LogP contribution in [0.3, 0.4) is 0 Å². The largest absolute Gasteiger partial charge is 0.309 e. The van der Waals surface area contributed by atoms with Gasteiger partial charge in [0.1, 0.15) is 0 Å². The van der Waals surface area contributed by atoms with Gasteiger partial charge < -0.3 is 5.32 Å². The first-order valence-corrected chi connectivity index (χ1v) is 7.59. The molecule has 1 aromatic rings. The second kappa shape index (κ2) is 4.06. The maximum atomic E-state index is 4.92. The van der Waals surface area contributed by atoms with Crippen LogP contribution in [0.4, 0.5) is 0 Å². The van der Waals surface area contributed by atoms with Gasteiger partial charge in [-0.3, -0.25) is 0 Å². The summed E-state index contributed by atoms with van der Waals surface area (Å²) in [6.07, 6.45) is 5.43. The lowest BCUT2D eigenvalue weighted by atomic mass is 9.98. The second-order valence-electron chi connectivity index (χ2n) is 6.51. The highest BCUT2D eigenvalue weighted by Crippen LogP contribution is 2.44. The van der Waals surface area contributed by atoms with Crippen molar-refractivity contribution in [2.75, 3.05) is 0 Å². The summed E-state index contributed by atoms with van der Waals surface area (Å²) in [6.45, 7) is 7.84. The molecule has 94 valence electrons. The molecule has 2 aliphatic carbocycles. The third kappa shape index (κ3) is 2.71. The van der Waals surface area contributed by atoms with Crippen molar-refractivity contribution < 1.29 is 0 Å². The molecule has 3 rings (SSSR count). The summed E-state index contributed by atoms with van der Waals surface area (Å²) >= 11 is 1.93. The van der Waals surface area contributed by atoms with Gasteiger partial charge in [-0.2, -0.15) is 0 Å². The number of nitrogens with one attached hydrogen (secondary N) is 1. The molecule has 0 atom stereocenters. The molecule has 0 saturated heterocycles. The Kier molecular flexibility index (Phi) is 2.79. The fourth-order valence-corrected chi connectivity index (χ4v) is 3.17. The zero-order valence-corrected chi connectivity index (χ0v) is 11.9. The van der Waals surface area contributed by atoms with E-state index in [0.29, 0.717) is 0 Å². The fourth-order valence-electron chi connectivity index (χ4n) is 2.01. The number of hydrogen-bond acceptors (Lipinski definition) is 3. The van der Waals surface area contributed by atoms with Crippen LogP contribution in [0.1, 0.15) is 68.0 Å². The van der Waals surface area contributed by atoms with Gasteiger partial charge in [0.2, 0.25) is 0 Å². The predicted octanol–water partition coefficient (Wildman–Crippen LogP) is 3.57. The van der Waals surface area contributed by atoms with Crippen molar-refractivity contribution in [2.24, 2.45) is 0 Å². The van der Waals surface area contributed by atoms with Crippen LogP contribution in [0.25, 0.3) is 0 Å². The predicted molar refractivity (Wildman–Crippen MR) is 72.7 cm³/mol. The van der Waals surface area contributed by atoms with Crippen molar-refractivity contribution in [3.05, 3.63) is 15.6 Å². The standard InChI is InChI=1S/C14H22N2S/c1-14(2,3)13-16-12(9-4-5-9)11(17-13)8-15-10-6-7-10/h9-10,15H,4-8H2,1-3H3. The van der Waals surface area contributed by atoms with Gasteiger partial charge in [0.05, 0.1) is 10.7 Å². The van der Waals surface area contributed by atoms with Crippen LogP contribution < -0.4 is 5.32 Å². The summed E-state index contributed by atoms with van der Waals surface area (Å²) in [7, 11) is 0. The van der Waals surface area contributed by atoms with Crippen molar-refractivity contribution in [3.63, 3.8) is 0 Å². The van der Waals surface area contributed by atoms with Gasteiger partial charge in [0, 0.05) is 28.8 Å². The number of nitrogens with zero attached hydrogens (tertiary/aromatic N) is 1. The first-order valence-electron chi connectivity index (χ1n) is 6.77. The van der Waals surface area contributed by atoms with Gasteiger partial charge in [-0.05, 0) is 25.7 Å². The van der Waals surface area contributed by atoms with Gasteiger partial charge in [0.25, 0.3) is 0 Å². The molecule has 0 aromatic carbocycles. The minimum absolute atomic E-state index is 0.201. The van der Waals surface area contributed by atoms with E-state index in [0.717, 1.165) is 18.5 Å². The van der Waals surface area contributed by atoms with E-state index in [1.165, 1.54) is 41.3 Å². The zero-order chi connectivity index (χ0) is 12.0. The number of rotatable bonds is 4. The van der Waals surface area contributed by atoms with Crippen LogP contribution in [-0.4, -0.2) is 11.0 Å². The quantitative estimate of drug-likeness (QED) is 0.883. The minimum atomic E-state index is 0.201. The van der Waals surface area contributed by atoms with Crippen LogP contribution in [0.2, 0.25) is 0 Å². The minimum Gasteiger partial charge on any atom is -0.309 e. The Labute approximate surface area is 108 Å². The lowest BCUT2D eigenvalue weighted by Gasteiger charge is -2.13. The van der Waals surface area contributed by atoms with Gasteiger partial charge in [-0.1, -0.05) is 20.8 Å². The maximum absolute atomic E-state index is 4.92. The Morgan fingerprint density at radius 2 is 1.94 bits per heavy atom. The average molecular weight is 250 g/mol. The molecule has 2 nitrogen and oxygen atoms in total. The molecule has 2 aliphatic rings. The molecular weight excluding hydrogens is 228 g/mol. The number of thiazole rings is 1. The zero-order valence-electron chi connectivity index (χ0n) is 11.0. The topological polar surface area (TPSA) is 24.9 Å². The van der Waals surface area contributed by atoms with E-state index in [4.69, 9.17) is 4.98 Å². The molecule has 0 amide bonds. The van der Waals surface area contributed by atoms with Crippen molar-refractivity contribution in [1.29, 1.82) is 0 Å². The molecule has 0 aliphatic heterocycles. The van der Waals surface area contributed by atoms with E-state index >= 15 is 0 Å². The summed E-state index contributed by atoms with van der Waals surface area (Å²) in [6, 6.07) is 0.794. The van der Waals surface area contributed by atoms with Crippen LogP contribution in [0, 0.1) is 0 Å². The van der Waals surface area contributed by atoms with E-state index in [2.05, 4.69) is 26.1 Å². The van der Waals surface area contributed by atoms with Crippen molar-refractivity contribution in [1.82, 2.24) is 10.3 Å². The maximum Gasteiger partial charge on any atom is 0.0985 e. The van der Waals surface area contributed by atoms with Crippen LogP contribution in [0.5, 0.6) is 0 Å². The SMILES string of the molecule is CC(C)(C)c1nc(C2CC2)c(CNC2CC2)s1. The number of aromatic nitrogens is 1. The summed E-state index contributed by atoms with van der Waals surface area (Å²) < 4.78 is 0. The molecule has 0 radical (unpaired) electrons. The normalized spacial score (nSPS) is 20.9. The number of hydrogen-bond donors (Lipinski definition) is 1. The van der Waals surface area contributed by atoms with Crippen LogP contribution in [-0.2, 0) is 12.0 Å². The smallest absolute Gasteiger partial charge is 0.0985 e. The van der Waals surface area contributed by atoms with Crippen molar-refractivity contribution in [2.45, 2.75) is 70.4 Å². The fraction of sp³-hybridized carbons (Fsp3) is 0.786. The van der Waals surface area contributed by atoms with Gasteiger partial charge in [-0.25, -0.2) is 4.98 Å².